The molecule has 0 atom stereocenters. The van der Waals surface area contributed by atoms with Crippen LogP contribution in [-0.2, 0) is 4.79 Å². The van der Waals surface area contributed by atoms with Gasteiger partial charge in [0.15, 0.2) is 0 Å². The van der Waals surface area contributed by atoms with E-state index in [1.54, 1.807) is 13.8 Å². The third-order valence-electron chi connectivity index (χ3n) is 2.58. The van der Waals surface area contributed by atoms with Crippen molar-refractivity contribution in [3.05, 3.63) is 30.3 Å². The van der Waals surface area contributed by atoms with Crippen molar-refractivity contribution < 1.29 is 9.53 Å². The first-order valence-corrected chi connectivity index (χ1v) is 6.11. The maximum absolute atomic E-state index is 11.8. The number of hydrogen-bond acceptors (Lipinski definition) is 3. The molecule has 18 heavy (non-hydrogen) atoms. The summed E-state index contributed by atoms with van der Waals surface area (Å²) in [6, 6.07) is 9.43. The van der Waals surface area contributed by atoms with E-state index in [2.05, 4.69) is 5.32 Å². The number of hydrogen-bond donors (Lipinski definition) is 2. The highest BCUT2D eigenvalue weighted by Crippen LogP contribution is 2.15. The number of carbonyl (C=O) groups is 1. The van der Waals surface area contributed by atoms with E-state index < -0.39 is 5.41 Å². The first-order valence-electron chi connectivity index (χ1n) is 5.70. The van der Waals surface area contributed by atoms with Gasteiger partial charge in [-0.05, 0) is 26.0 Å². The number of thiocarbonyl (C=S) groups is 1. The van der Waals surface area contributed by atoms with Crippen LogP contribution in [0.5, 0.6) is 5.75 Å². The fourth-order valence-corrected chi connectivity index (χ4v) is 1.28. The molecule has 0 radical (unpaired) electrons. The molecule has 98 valence electrons. The summed E-state index contributed by atoms with van der Waals surface area (Å²) in [4.78, 5) is 12.0. The lowest BCUT2D eigenvalue weighted by molar-refractivity contribution is -0.126. The maximum atomic E-state index is 11.8. The summed E-state index contributed by atoms with van der Waals surface area (Å²) in [6.07, 6.45) is 0. The zero-order chi connectivity index (χ0) is 13.6. The Kier molecular flexibility index (Phi) is 5.09. The molecule has 1 aromatic rings. The van der Waals surface area contributed by atoms with Gasteiger partial charge in [-0.1, -0.05) is 30.4 Å². The minimum Gasteiger partial charge on any atom is -0.492 e. The molecule has 1 rings (SSSR count). The minimum absolute atomic E-state index is 0.184. The molecule has 0 bridgehead atoms. The van der Waals surface area contributed by atoms with Crippen molar-refractivity contribution >= 4 is 23.1 Å². The lowest BCUT2D eigenvalue weighted by atomic mass is 9.92. The van der Waals surface area contributed by atoms with Crippen molar-refractivity contribution in [1.82, 2.24) is 5.32 Å². The normalized spacial score (nSPS) is 10.8. The van der Waals surface area contributed by atoms with Crippen molar-refractivity contribution in [2.45, 2.75) is 13.8 Å². The molecule has 0 fully saturated rings. The van der Waals surface area contributed by atoms with Crippen LogP contribution in [0.1, 0.15) is 13.8 Å². The van der Waals surface area contributed by atoms with Gasteiger partial charge in [0.2, 0.25) is 5.91 Å². The molecule has 0 aliphatic heterocycles. The monoisotopic (exact) mass is 266 g/mol. The lowest BCUT2D eigenvalue weighted by Crippen LogP contribution is -2.45. The van der Waals surface area contributed by atoms with E-state index in [0.717, 1.165) is 5.75 Å². The van der Waals surface area contributed by atoms with Crippen molar-refractivity contribution in [3.63, 3.8) is 0 Å². The minimum atomic E-state index is -0.831. The van der Waals surface area contributed by atoms with Crippen LogP contribution in [0.2, 0.25) is 0 Å². The Bertz CT molecular complexity index is 418. The summed E-state index contributed by atoms with van der Waals surface area (Å²) in [5.74, 6) is 0.590. The molecular weight excluding hydrogens is 248 g/mol. The number of para-hydroxylation sites is 1. The molecule has 0 saturated heterocycles. The van der Waals surface area contributed by atoms with E-state index in [4.69, 9.17) is 22.7 Å². The van der Waals surface area contributed by atoms with E-state index in [1.165, 1.54) is 0 Å². The van der Waals surface area contributed by atoms with E-state index in [-0.39, 0.29) is 10.9 Å². The topological polar surface area (TPSA) is 64.3 Å². The van der Waals surface area contributed by atoms with Gasteiger partial charge in [0, 0.05) is 0 Å². The summed E-state index contributed by atoms with van der Waals surface area (Å²) < 4.78 is 5.45. The third kappa shape index (κ3) is 4.00. The Morgan fingerprint density at radius 3 is 2.56 bits per heavy atom. The number of carbonyl (C=O) groups excluding carboxylic acids is 1. The fraction of sp³-hybridized carbons (Fsp3) is 0.385. The van der Waals surface area contributed by atoms with E-state index in [0.29, 0.717) is 13.2 Å². The van der Waals surface area contributed by atoms with Crippen LogP contribution < -0.4 is 15.8 Å². The van der Waals surface area contributed by atoms with Crippen LogP contribution in [-0.4, -0.2) is 24.0 Å². The molecule has 4 nitrogen and oxygen atoms in total. The Hall–Kier alpha value is -1.62. The Balaban J connectivity index is 2.31. The molecule has 0 spiro atoms. The smallest absolute Gasteiger partial charge is 0.232 e. The second-order valence-electron chi connectivity index (χ2n) is 4.41. The van der Waals surface area contributed by atoms with Crippen LogP contribution in [0, 0.1) is 5.41 Å². The first-order chi connectivity index (χ1) is 8.44. The number of nitrogens with one attached hydrogen (secondary N) is 1. The Morgan fingerprint density at radius 2 is 2.00 bits per heavy atom. The van der Waals surface area contributed by atoms with Crippen molar-refractivity contribution in [2.24, 2.45) is 11.1 Å². The molecule has 1 aromatic carbocycles. The number of rotatable bonds is 6. The van der Waals surface area contributed by atoms with Gasteiger partial charge < -0.3 is 15.8 Å². The second-order valence-corrected chi connectivity index (χ2v) is 4.85. The Morgan fingerprint density at radius 1 is 1.39 bits per heavy atom. The first kappa shape index (κ1) is 14.4. The average molecular weight is 266 g/mol. The van der Waals surface area contributed by atoms with Crippen molar-refractivity contribution in [3.8, 4) is 5.75 Å². The molecule has 0 unspecified atom stereocenters. The zero-order valence-electron chi connectivity index (χ0n) is 10.6. The van der Waals surface area contributed by atoms with Crippen LogP contribution >= 0.6 is 12.2 Å². The van der Waals surface area contributed by atoms with Gasteiger partial charge in [-0.3, -0.25) is 4.79 Å². The van der Waals surface area contributed by atoms with Gasteiger partial charge in [0.1, 0.15) is 12.4 Å². The Labute approximate surface area is 113 Å². The molecule has 0 aliphatic carbocycles. The van der Waals surface area contributed by atoms with Gasteiger partial charge in [0.05, 0.1) is 16.9 Å². The molecule has 5 heteroatoms. The number of nitrogens with two attached hydrogens (primary N) is 1. The van der Waals surface area contributed by atoms with Crippen molar-refractivity contribution in [1.29, 1.82) is 0 Å². The highest BCUT2D eigenvalue weighted by atomic mass is 32.1. The molecular formula is C13H18N2O2S. The molecule has 0 saturated carbocycles. The number of ether oxygens (including phenoxy) is 1. The van der Waals surface area contributed by atoms with Crippen LogP contribution in [0.15, 0.2) is 30.3 Å². The highest BCUT2D eigenvalue weighted by molar-refractivity contribution is 7.80. The van der Waals surface area contributed by atoms with Crippen molar-refractivity contribution in [2.75, 3.05) is 13.2 Å². The van der Waals surface area contributed by atoms with E-state index >= 15 is 0 Å². The van der Waals surface area contributed by atoms with Crippen LogP contribution in [0.25, 0.3) is 0 Å². The predicted octanol–water partition coefficient (Wildman–Crippen LogP) is 1.49. The molecule has 0 heterocycles. The van der Waals surface area contributed by atoms with Gasteiger partial charge in [-0.15, -0.1) is 0 Å². The molecule has 0 aromatic heterocycles. The summed E-state index contributed by atoms with van der Waals surface area (Å²) in [6.45, 7) is 4.22. The summed E-state index contributed by atoms with van der Waals surface area (Å²) >= 11 is 4.85. The quantitative estimate of drug-likeness (QED) is 0.605. The SMILES string of the molecule is CC(C)(C(=O)NCCOc1ccccc1)C(N)=S. The predicted molar refractivity (Wildman–Crippen MR) is 75.5 cm³/mol. The van der Waals surface area contributed by atoms with Crippen LogP contribution in [0.3, 0.4) is 0 Å². The highest BCUT2D eigenvalue weighted by Gasteiger charge is 2.30. The summed E-state index contributed by atoms with van der Waals surface area (Å²) in [5, 5.41) is 2.74. The fourth-order valence-electron chi connectivity index (χ4n) is 1.18. The van der Waals surface area contributed by atoms with Gasteiger partial charge in [-0.2, -0.15) is 0 Å². The number of benzene rings is 1. The van der Waals surface area contributed by atoms with E-state index in [1.807, 2.05) is 30.3 Å². The van der Waals surface area contributed by atoms with Gasteiger partial charge in [0.25, 0.3) is 0 Å². The molecule has 0 aliphatic rings. The maximum Gasteiger partial charge on any atom is 0.232 e. The summed E-state index contributed by atoms with van der Waals surface area (Å²) in [7, 11) is 0. The van der Waals surface area contributed by atoms with Gasteiger partial charge in [-0.25, -0.2) is 0 Å². The zero-order valence-corrected chi connectivity index (χ0v) is 11.4. The molecule has 1 amide bonds. The van der Waals surface area contributed by atoms with Crippen LogP contribution in [0.4, 0.5) is 0 Å². The standard InChI is InChI=1S/C13H18N2O2S/c1-13(2,11(14)18)12(16)15-8-9-17-10-6-4-3-5-7-10/h3-7H,8-9H2,1-2H3,(H2,14,18)(H,15,16). The van der Waals surface area contributed by atoms with Gasteiger partial charge >= 0.3 is 0 Å². The third-order valence-corrected chi connectivity index (χ3v) is 3.09. The number of amides is 1. The van der Waals surface area contributed by atoms with E-state index in [9.17, 15) is 4.79 Å². The largest absolute Gasteiger partial charge is 0.492 e. The molecule has 3 N–H and O–H groups in total. The average Bonchev–Trinajstić information content (AvgIpc) is 2.35. The lowest BCUT2D eigenvalue weighted by Gasteiger charge is -2.21. The second kappa shape index (κ2) is 6.35. The summed E-state index contributed by atoms with van der Waals surface area (Å²) in [5.41, 5.74) is 4.67.